The van der Waals surface area contributed by atoms with Gasteiger partial charge in [0.25, 0.3) is 5.91 Å². The molecule has 4 rings (SSSR count). The summed E-state index contributed by atoms with van der Waals surface area (Å²) in [4.78, 5) is 17.0. The lowest BCUT2D eigenvalue weighted by molar-refractivity contribution is 0.102. The van der Waals surface area contributed by atoms with Crippen molar-refractivity contribution in [2.75, 3.05) is 24.3 Å². The number of carbonyl (C=O) groups excluding carboxylic acids is 1. The summed E-state index contributed by atoms with van der Waals surface area (Å²) < 4.78 is 33.8. The van der Waals surface area contributed by atoms with Gasteiger partial charge in [-0.05, 0) is 31.9 Å². The van der Waals surface area contributed by atoms with Gasteiger partial charge in [-0.1, -0.05) is 17.4 Å². The zero-order chi connectivity index (χ0) is 22.1. The van der Waals surface area contributed by atoms with E-state index >= 15 is 0 Å². The number of ether oxygens (including phenoxy) is 1. The Morgan fingerprint density at radius 3 is 2.77 bits per heavy atom. The number of hydrogen-bond acceptors (Lipinski definition) is 7. The smallest absolute Gasteiger partial charge is 0.277 e. The molecule has 2 unspecified atom stereocenters. The molecule has 164 valence electrons. The molecule has 1 amide bonds. The van der Waals surface area contributed by atoms with Crippen LogP contribution in [0.25, 0.3) is 10.6 Å². The van der Waals surface area contributed by atoms with Crippen LogP contribution >= 0.6 is 11.3 Å². The number of nitrogens with two attached hydrogens (primary N) is 2. The Morgan fingerprint density at radius 2 is 2.03 bits per heavy atom. The third-order valence-corrected chi connectivity index (χ3v) is 6.08. The molecule has 1 aromatic carbocycles. The van der Waals surface area contributed by atoms with Gasteiger partial charge in [0.05, 0.1) is 35.9 Å². The minimum atomic E-state index is -0.778. The minimum Gasteiger partial charge on any atom is -0.389 e. The highest BCUT2D eigenvalue weighted by Crippen LogP contribution is 2.35. The molecule has 3 aromatic rings. The first kappa shape index (κ1) is 21.3. The van der Waals surface area contributed by atoms with Crippen molar-refractivity contribution in [2.45, 2.75) is 31.7 Å². The molecule has 6 N–H and O–H groups in total. The summed E-state index contributed by atoms with van der Waals surface area (Å²) in [6.07, 6.45) is 1.55. The van der Waals surface area contributed by atoms with Gasteiger partial charge in [0.2, 0.25) is 0 Å². The van der Waals surface area contributed by atoms with Crippen LogP contribution < -0.4 is 16.8 Å². The molecule has 0 radical (unpaired) electrons. The first-order valence-electron chi connectivity index (χ1n) is 9.75. The molecule has 2 atom stereocenters. The molecule has 0 bridgehead atoms. The van der Waals surface area contributed by atoms with Gasteiger partial charge in [0.15, 0.2) is 5.69 Å². The van der Waals surface area contributed by atoms with Gasteiger partial charge in [-0.2, -0.15) is 5.10 Å². The summed E-state index contributed by atoms with van der Waals surface area (Å²) >= 11 is 0.845. The fourth-order valence-corrected chi connectivity index (χ4v) is 4.41. The molecule has 8 nitrogen and oxygen atoms in total. The number of benzene rings is 1. The number of rotatable bonds is 4. The predicted molar refractivity (Wildman–Crippen MR) is 114 cm³/mol. The van der Waals surface area contributed by atoms with Crippen LogP contribution in [0.4, 0.5) is 19.5 Å². The maximum absolute atomic E-state index is 14.1. The normalized spacial score (nSPS) is 19.2. The Hall–Kier alpha value is -2.89. The molecule has 0 saturated carbocycles. The van der Waals surface area contributed by atoms with Gasteiger partial charge in [0.1, 0.15) is 21.6 Å². The fourth-order valence-electron chi connectivity index (χ4n) is 3.54. The Balaban J connectivity index is 1.60. The van der Waals surface area contributed by atoms with Crippen molar-refractivity contribution in [1.29, 1.82) is 0 Å². The van der Waals surface area contributed by atoms with Gasteiger partial charge in [-0.3, -0.25) is 9.89 Å². The number of thiazole rings is 1. The molecule has 1 aliphatic rings. The third kappa shape index (κ3) is 4.29. The maximum Gasteiger partial charge on any atom is 0.277 e. The molecule has 3 heterocycles. The summed E-state index contributed by atoms with van der Waals surface area (Å²) in [6, 6.07) is 3.47. The Morgan fingerprint density at radius 1 is 1.29 bits per heavy atom. The lowest BCUT2D eigenvalue weighted by Gasteiger charge is -2.14. The monoisotopic (exact) mass is 448 g/mol. The maximum atomic E-state index is 14.1. The lowest BCUT2D eigenvalue weighted by atomic mass is 9.97. The first-order chi connectivity index (χ1) is 14.8. The standard InChI is InChI=1S/C20H22F2N6O2S/c1-9-15(16(28-27-9)10-5-6-11(23)8-30-7-10)25-19(29)17-18(24)31-20(26-17)14-12(21)3-2-4-13(14)22/h2-4,10-11H,5-8,23-24H2,1H3,(H,25,29)(H,27,28). The van der Waals surface area contributed by atoms with Gasteiger partial charge in [-0.15, -0.1) is 0 Å². The van der Waals surface area contributed by atoms with Crippen molar-refractivity contribution in [3.63, 3.8) is 0 Å². The number of halogens is 2. The second kappa shape index (κ2) is 8.69. The highest BCUT2D eigenvalue weighted by atomic mass is 32.1. The predicted octanol–water partition coefficient (Wildman–Crippen LogP) is 3.18. The number of aromatic nitrogens is 3. The van der Waals surface area contributed by atoms with Crippen molar-refractivity contribution >= 4 is 27.9 Å². The number of amides is 1. The Labute approximate surface area is 181 Å². The Kier molecular flexibility index (Phi) is 5.99. The number of nitrogens with one attached hydrogen (secondary N) is 2. The van der Waals surface area contributed by atoms with E-state index in [4.69, 9.17) is 16.2 Å². The molecule has 11 heteroatoms. The summed E-state index contributed by atoms with van der Waals surface area (Å²) in [5.41, 5.74) is 13.3. The van der Waals surface area contributed by atoms with Crippen LogP contribution in [-0.2, 0) is 4.74 Å². The van der Waals surface area contributed by atoms with E-state index in [0.29, 0.717) is 30.3 Å². The highest BCUT2D eigenvalue weighted by Gasteiger charge is 2.27. The van der Waals surface area contributed by atoms with E-state index in [1.165, 1.54) is 6.07 Å². The SMILES string of the molecule is Cc1[nH]nc(C2CCC(N)COC2)c1NC(=O)c1nc(-c2c(F)cccc2F)sc1N. The molecule has 2 aromatic heterocycles. The average Bonchev–Trinajstić information content (AvgIpc) is 3.19. The number of aryl methyl sites for hydroxylation is 1. The van der Waals surface area contributed by atoms with Crippen LogP contribution in [0.5, 0.6) is 0 Å². The van der Waals surface area contributed by atoms with Crippen LogP contribution in [0.3, 0.4) is 0 Å². The number of anilines is 2. The number of hydrogen-bond donors (Lipinski definition) is 4. The van der Waals surface area contributed by atoms with E-state index in [9.17, 15) is 13.6 Å². The van der Waals surface area contributed by atoms with Crippen molar-refractivity contribution in [1.82, 2.24) is 15.2 Å². The molecule has 1 aliphatic heterocycles. The number of H-pyrrole nitrogens is 1. The highest BCUT2D eigenvalue weighted by molar-refractivity contribution is 7.19. The summed E-state index contributed by atoms with van der Waals surface area (Å²) in [5.74, 6) is -2.18. The van der Waals surface area contributed by atoms with Gasteiger partial charge in [0, 0.05) is 12.0 Å². The molecular weight excluding hydrogens is 426 g/mol. The molecule has 1 saturated heterocycles. The summed E-state index contributed by atoms with van der Waals surface area (Å²) in [6.45, 7) is 2.70. The molecular formula is C20H22F2N6O2S. The second-order valence-corrected chi connectivity index (χ2v) is 8.49. The van der Waals surface area contributed by atoms with E-state index in [-0.39, 0.29) is 33.2 Å². The van der Waals surface area contributed by atoms with Crippen molar-refractivity contribution in [3.05, 3.63) is 46.9 Å². The zero-order valence-corrected chi connectivity index (χ0v) is 17.6. The van der Waals surface area contributed by atoms with Crippen LogP contribution in [-0.4, -0.2) is 40.3 Å². The number of nitrogens with zero attached hydrogens (tertiary/aromatic N) is 2. The molecule has 0 aliphatic carbocycles. The number of nitrogen functional groups attached to an aromatic ring is 1. The van der Waals surface area contributed by atoms with Crippen molar-refractivity contribution < 1.29 is 18.3 Å². The van der Waals surface area contributed by atoms with Crippen LogP contribution in [0.2, 0.25) is 0 Å². The van der Waals surface area contributed by atoms with Crippen LogP contribution in [0.1, 0.15) is 40.6 Å². The first-order valence-corrected chi connectivity index (χ1v) is 10.6. The zero-order valence-electron chi connectivity index (χ0n) is 16.7. The molecule has 31 heavy (non-hydrogen) atoms. The quantitative estimate of drug-likeness (QED) is 0.485. The minimum absolute atomic E-state index is 0.00598. The van der Waals surface area contributed by atoms with Gasteiger partial charge in [-0.25, -0.2) is 13.8 Å². The fraction of sp³-hybridized carbons (Fsp3) is 0.350. The average molecular weight is 448 g/mol. The third-order valence-electron chi connectivity index (χ3n) is 5.18. The molecule has 0 spiro atoms. The van der Waals surface area contributed by atoms with E-state index in [2.05, 4.69) is 20.5 Å². The van der Waals surface area contributed by atoms with E-state index in [0.717, 1.165) is 36.3 Å². The summed E-state index contributed by atoms with van der Waals surface area (Å²) in [5, 5.41) is 10.1. The number of carbonyl (C=O) groups is 1. The van der Waals surface area contributed by atoms with Gasteiger partial charge < -0.3 is 21.5 Å². The van der Waals surface area contributed by atoms with Crippen molar-refractivity contribution in [2.24, 2.45) is 5.73 Å². The van der Waals surface area contributed by atoms with Crippen molar-refractivity contribution in [3.8, 4) is 10.6 Å². The lowest BCUT2D eigenvalue weighted by Crippen LogP contribution is -2.23. The number of aromatic amines is 1. The van der Waals surface area contributed by atoms with Gasteiger partial charge >= 0.3 is 0 Å². The molecule has 1 fully saturated rings. The van der Waals surface area contributed by atoms with E-state index < -0.39 is 17.5 Å². The Bertz CT molecular complexity index is 1100. The van der Waals surface area contributed by atoms with E-state index in [1.54, 1.807) is 6.92 Å². The van der Waals surface area contributed by atoms with E-state index in [1.807, 2.05) is 0 Å². The summed E-state index contributed by atoms with van der Waals surface area (Å²) in [7, 11) is 0. The largest absolute Gasteiger partial charge is 0.389 e. The van der Waals surface area contributed by atoms with Crippen LogP contribution in [0, 0.1) is 18.6 Å². The second-order valence-electron chi connectivity index (χ2n) is 7.46. The van der Waals surface area contributed by atoms with Crippen LogP contribution in [0.15, 0.2) is 18.2 Å². The topological polar surface area (TPSA) is 132 Å².